The van der Waals surface area contributed by atoms with Crippen molar-refractivity contribution in [1.29, 1.82) is 0 Å². The van der Waals surface area contributed by atoms with Crippen molar-refractivity contribution in [3.8, 4) is 0 Å². The van der Waals surface area contributed by atoms with Gasteiger partial charge in [0.25, 0.3) is 0 Å². The maximum absolute atomic E-state index is 12.5. The lowest BCUT2D eigenvalue weighted by Crippen LogP contribution is -2.24. The summed E-state index contributed by atoms with van der Waals surface area (Å²) >= 11 is 0. The minimum absolute atomic E-state index is 0.266. The monoisotopic (exact) mass is 258 g/mol. The van der Waals surface area contributed by atoms with E-state index in [1.165, 1.54) is 18.4 Å². The molecule has 1 aromatic carbocycles. The van der Waals surface area contributed by atoms with Gasteiger partial charge in [-0.25, -0.2) is 0 Å². The van der Waals surface area contributed by atoms with Crippen LogP contribution in [0.5, 0.6) is 0 Å². The van der Waals surface area contributed by atoms with E-state index in [1.807, 2.05) is 12.1 Å². The first-order valence-corrected chi connectivity index (χ1v) is 7.75. The van der Waals surface area contributed by atoms with Crippen LogP contribution in [-0.4, -0.2) is 5.78 Å². The standard InChI is InChI=1S/C18H26O/c1-4-14-6-5-7-17(12-14)18(19)16-10-8-15(9-11-16)13(2)3/h5-7,12-13,15-16H,4,8-11H2,1-3H3. The first kappa shape index (κ1) is 14.3. The number of carbonyl (C=O) groups excluding carboxylic acids is 1. The molecule has 0 unspecified atom stereocenters. The summed E-state index contributed by atoms with van der Waals surface area (Å²) in [6.45, 7) is 6.74. The minimum atomic E-state index is 0.266. The van der Waals surface area contributed by atoms with Gasteiger partial charge in [0.05, 0.1) is 0 Å². The molecule has 1 aliphatic rings. The zero-order valence-electron chi connectivity index (χ0n) is 12.5. The van der Waals surface area contributed by atoms with Crippen molar-refractivity contribution in [1.82, 2.24) is 0 Å². The van der Waals surface area contributed by atoms with Crippen LogP contribution in [0.1, 0.15) is 62.4 Å². The van der Waals surface area contributed by atoms with E-state index in [0.29, 0.717) is 5.78 Å². The van der Waals surface area contributed by atoms with Gasteiger partial charge >= 0.3 is 0 Å². The van der Waals surface area contributed by atoms with Crippen LogP contribution < -0.4 is 0 Å². The molecule has 0 N–H and O–H groups in total. The third-order valence-electron chi connectivity index (χ3n) is 4.71. The third kappa shape index (κ3) is 3.46. The molecule has 104 valence electrons. The molecule has 0 bridgehead atoms. The Kier molecular flexibility index (Phi) is 4.79. The van der Waals surface area contributed by atoms with Crippen molar-refractivity contribution in [3.63, 3.8) is 0 Å². The van der Waals surface area contributed by atoms with E-state index >= 15 is 0 Å². The van der Waals surface area contributed by atoms with Gasteiger partial charge in [-0.2, -0.15) is 0 Å². The molecule has 1 heteroatoms. The molecule has 0 atom stereocenters. The van der Waals surface area contributed by atoms with E-state index in [-0.39, 0.29) is 5.92 Å². The zero-order valence-corrected chi connectivity index (χ0v) is 12.5. The fourth-order valence-electron chi connectivity index (χ4n) is 3.23. The maximum atomic E-state index is 12.5. The van der Waals surface area contributed by atoms with Gasteiger partial charge in [0.15, 0.2) is 5.78 Å². The fraction of sp³-hybridized carbons (Fsp3) is 0.611. The van der Waals surface area contributed by atoms with Crippen molar-refractivity contribution in [2.45, 2.75) is 52.9 Å². The molecule has 1 fully saturated rings. The quantitative estimate of drug-likeness (QED) is 0.702. The summed E-state index contributed by atoms with van der Waals surface area (Å²) in [5, 5.41) is 0. The van der Waals surface area contributed by atoms with E-state index in [2.05, 4.69) is 32.9 Å². The maximum Gasteiger partial charge on any atom is 0.165 e. The summed E-state index contributed by atoms with van der Waals surface area (Å²) in [7, 11) is 0. The average molecular weight is 258 g/mol. The molecule has 19 heavy (non-hydrogen) atoms. The first-order chi connectivity index (χ1) is 9.11. The smallest absolute Gasteiger partial charge is 0.165 e. The van der Waals surface area contributed by atoms with Crippen LogP contribution in [0.25, 0.3) is 0 Å². The zero-order chi connectivity index (χ0) is 13.8. The van der Waals surface area contributed by atoms with E-state index < -0.39 is 0 Å². The molecule has 0 heterocycles. The van der Waals surface area contributed by atoms with Gasteiger partial charge < -0.3 is 0 Å². The van der Waals surface area contributed by atoms with Crippen molar-refractivity contribution in [2.75, 3.05) is 0 Å². The van der Waals surface area contributed by atoms with Crippen LogP contribution in [-0.2, 0) is 6.42 Å². The summed E-state index contributed by atoms with van der Waals surface area (Å²) < 4.78 is 0. The second kappa shape index (κ2) is 6.36. The summed E-state index contributed by atoms with van der Waals surface area (Å²) in [6.07, 6.45) is 5.61. The Balaban J connectivity index is 2.01. The molecule has 0 saturated heterocycles. The number of aryl methyl sites for hydroxylation is 1. The Morgan fingerprint density at radius 1 is 1.21 bits per heavy atom. The van der Waals surface area contributed by atoms with Gasteiger partial charge in [-0.05, 0) is 55.6 Å². The van der Waals surface area contributed by atoms with Crippen LogP contribution in [0.3, 0.4) is 0 Å². The number of hydrogen-bond acceptors (Lipinski definition) is 1. The molecular formula is C18H26O. The normalized spacial score (nSPS) is 23.6. The topological polar surface area (TPSA) is 17.1 Å². The molecule has 1 saturated carbocycles. The summed E-state index contributed by atoms with van der Waals surface area (Å²) in [4.78, 5) is 12.5. The average Bonchev–Trinajstić information content (AvgIpc) is 2.46. The van der Waals surface area contributed by atoms with E-state index in [0.717, 1.165) is 36.7 Å². The number of hydrogen-bond donors (Lipinski definition) is 0. The second-order valence-corrected chi connectivity index (χ2v) is 6.27. The Labute approximate surface area is 117 Å². The highest BCUT2D eigenvalue weighted by molar-refractivity contribution is 5.98. The molecular weight excluding hydrogens is 232 g/mol. The highest BCUT2D eigenvalue weighted by Gasteiger charge is 2.28. The molecule has 1 aliphatic carbocycles. The van der Waals surface area contributed by atoms with Crippen LogP contribution >= 0.6 is 0 Å². The van der Waals surface area contributed by atoms with Gasteiger partial charge in [0.2, 0.25) is 0 Å². The molecule has 1 aromatic rings. The van der Waals surface area contributed by atoms with Gasteiger partial charge in [-0.15, -0.1) is 0 Å². The van der Waals surface area contributed by atoms with Gasteiger partial charge in [-0.3, -0.25) is 4.79 Å². The highest BCUT2D eigenvalue weighted by Crippen LogP contribution is 2.34. The molecule has 0 aliphatic heterocycles. The van der Waals surface area contributed by atoms with Crippen molar-refractivity contribution < 1.29 is 4.79 Å². The van der Waals surface area contributed by atoms with Crippen molar-refractivity contribution in [2.24, 2.45) is 17.8 Å². The molecule has 2 rings (SSSR count). The SMILES string of the molecule is CCc1cccc(C(=O)C2CCC(C(C)C)CC2)c1. The lowest BCUT2D eigenvalue weighted by atomic mass is 9.74. The molecule has 1 nitrogen and oxygen atoms in total. The Morgan fingerprint density at radius 2 is 1.89 bits per heavy atom. The van der Waals surface area contributed by atoms with E-state index in [4.69, 9.17) is 0 Å². The van der Waals surface area contributed by atoms with Crippen LogP contribution in [0.2, 0.25) is 0 Å². The van der Waals surface area contributed by atoms with Crippen LogP contribution in [0.4, 0.5) is 0 Å². The molecule has 0 amide bonds. The number of rotatable bonds is 4. The molecule has 0 spiro atoms. The molecule has 0 aromatic heterocycles. The number of Topliss-reactive ketones (excluding diaryl/α,β-unsaturated/α-hetero) is 1. The number of ketones is 1. The summed E-state index contributed by atoms with van der Waals surface area (Å²) in [5.41, 5.74) is 2.19. The first-order valence-electron chi connectivity index (χ1n) is 7.75. The Hall–Kier alpha value is -1.11. The summed E-state index contributed by atoms with van der Waals surface area (Å²) in [5.74, 6) is 2.23. The minimum Gasteiger partial charge on any atom is -0.294 e. The fourth-order valence-corrected chi connectivity index (χ4v) is 3.23. The van der Waals surface area contributed by atoms with Gasteiger partial charge in [0, 0.05) is 11.5 Å². The van der Waals surface area contributed by atoms with Crippen LogP contribution in [0.15, 0.2) is 24.3 Å². The Morgan fingerprint density at radius 3 is 2.47 bits per heavy atom. The van der Waals surface area contributed by atoms with Gasteiger partial charge in [-0.1, -0.05) is 39.0 Å². The predicted octanol–water partition coefficient (Wildman–Crippen LogP) is 4.89. The largest absolute Gasteiger partial charge is 0.294 e. The summed E-state index contributed by atoms with van der Waals surface area (Å²) in [6, 6.07) is 8.19. The highest BCUT2D eigenvalue weighted by atomic mass is 16.1. The Bertz CT molecular complexity index is 425. The molecule has 0 radical (unpaired) electrons. The predicted molar refractivity (Wildman–Crippen MR) is 80.4 cm³/mol. The van der Waals surface area contributed by atoms with Gasteiger partial charge in [0.1, 0.15) is 0 Å². The lowest BCUT2D eigenvalue weighted by molar-refractivity contribution is 0.0859. The third-order valence-corrected chi connectivity index (χ3v) is 4.71. The van der Waals surface area contributed by atoms with Crippen molar-refractivity contribution in [3.05, 3.63) is 35.4 Å². The lowest BCUT2D eigenvalue weighted by Gasteiger charge is -2.30. The van der Waals surface area contributed by atoms with Crippen LogP contribution in [0, 0.1) is 17.8 Å². The number of carbonyl (C=O) groups is 1. The van der Waals surface area contributed by atoms with E-state index in [9.17, 15) is 4.79 Å². The number of benzene rings is 1. The van der Waals surface area contributed by atoms with Crippen molar-refractivity contribution >= 4 is 5.78 Å². The second-order valence-electron chi connectivity index (χ2n) is 6.27. The van der Waals surface area contributed by atoms with E-state index in [1.54, 1.807) is 0 Å².